The number of carbonyl (C=O) groups is 1. The van der Waals surface area contributed by atoms with E-state index in [2.05, 4.69) is 5.16 Å². The first kappa shape index (κ1) is 20.8. The summed E-state index contributed by atoms with van der Waals surface area (Å²) in [6.07, 6.45) is 0.761. The third-order valence-corrected chi connectivity index (χ3v) is 4.77. The predicted molar refractivity (Wildman–Crippen MR) is 110 cm³/mol. The fourth-order valence-electron chi connectivity index (χ4n) is 3.40. The van der Waals surface area contributed by atoms with Gasteiger partial charge in [0.1, 0.15) is 11.6 Å². The zero-order chi connectivity index (χ0) is 20.8. The summed E-state index contributed by atoms with van der Waals surface area (Å²) in [7, 11) is 1.62. The molecule has 1 amide bonds. The normalized spacial score (nSPS) is 15.8. The number of ether oxygens (including phenoxy) is 1. The zero-order valence-corrected chi connectivity index (χ0v) is 17.1. The molecule has 0 N–H and O–H groups in total. The molecule has 3 rings (SSSR count). The Morgan fingerprint density at radius 1 is 1.28 bits per heavy atom. The Hall–Kier alpha value is -2.89. The van der Waals surface area contributed by atoms with Gasteiger partial charge < -0.3 is 14.5 Å². The van der Waals surface area contributed by atoms with E-state index < -0.39 is 0 Å². The molecule has 0 radical (unpaired) electrons. The van der Waals surface area contributed by atoms with Crippen molar-refractivity contribution >= 4 is 11.6 Å². The lowest BCUT2D eigenvalue weighted by atomic mass is 10.0. The Morgan fingerprint density at radius 2 is 2.07 bits per heavy atom. The van der Waals surface area contributed by atoms with Gasteiger partial charge in [-0.15, -0.1) is 0 Å². The van der Waals surface area contributed by atoms with E-state index in [1.165, 1.54) is 12.1 Å². The van der Waals surface area contributed by atoms with Crippen LogP contribution in [0.2, 0.25) is 0 Å². The maximum absolute atomic E-state index is 13.6. The van der Waals surface area contributed by atoms with E-state index in [0.29, 0.717) is 25.9 Å². The van der Waals surface area contributed by atoms with Crippen LogP contribution in [0.25, 0.3) is 0 Å². The zero-order valence-electron chi connectivity index (χ0n) is 17.1. The van der Waals surface area contributed by atoms with Crippen LogP contribution in [0.1, 0.15) is 37.8 Å². The number of benzene rings is 2. The van der Waals surface area contributed by atoms with Gasteiger partial charge in [-0.2, -0.15) is 0 Å². The topological polar surface area (TPSA) is 51.1 Å². The fourth-order valence-corrected chi connectivity index (χ4v) is 3.40. The summed E-state index contributed by atoms with van der Waals surface area (Å²) >= 11 is 0. The molecule has 0 fully saturated rings. The van der Waals surface area contributed by atoms with Crippen LogP contribution >= 0.6 is 0 Å². The van der Waals surface area contributed by atoms with Gasteiger partial charge in [0, 0.05) is 24.9 Å². The van der Waals surface area contributed by atoms with E-state index in [4.69, 9.17) is 9.57 Å². The molecule has 0 saturated heterocycles. The van der Waals surface area contributed by atoms with Gasteiger partial charge in [-0.25, -0.2) is 4.39 Å². The first-order valence-corrected chi connectivity index (χ1v) is 9.84. The van der Waals surface area contributed by atoms with E-state index in [9.17, 15) is 9.18 Å². The average molecular weight is 398 g/mol. The van der Waals surface area contributed by atoms with Gasteiger partial charge in [0.05, 0.1) is 19.4 Å². The molecule has 5 nitrogen and oxygen atoms in total. The first-order valence-electron chi connectivity index (χ1n) is 9.84. The van der Waals surface area contributed by atoms with Gasteiger partial charge >= 0.3 is 0 Å². The molecule has 2 aromatic rings. The number of hydrogen-bond acceptors (Lipinski definition) is 4. The quantitative estimate of drug-likeness (QED) is 0.662. The molecule has 6 heteroatoms. The Morgan fingerprint density at radius 3 is 2.79 bits per heavy atom. The molecular weight excluding hydrogens is 371 g/mol. The summed E-state index contributed by atoms with van der Waals surface area (Å²) < 4.78 is 19.0. The van der Waals surface area contributed by atoms with Crippen LogP contribution in [-0.2, 0) is 16.2 Å². The minimum absolute atomic E-state index is 0.0265. The first-order chi connectivity index (χ1) is 14.0. The molecule has 0 unspecified atom stereocenters. The molecule has 1 aliphatic rings. The van der Waals surface area contributed by atoms with Crippen molar-refractivity contribution in [2.75, 3.05) is 13.7 Å². The predicted octanol–water partition coefficient (Wildman–Crippen LogP) is 4.40. The fraction of sp³-hybridized carbons (Fsp3) is 0.391. The third-order valence-electron chi connectivity index (χ3n) is 4.77. The summed E-state index contributed by atoms with van der Waals surface area (Å²) in [5, 5.41) is 4.23. The van der Waals surface area contributed by atoms with Crippen LogP contribution in [0.4, 0.5) is 4.39 Å². The molecule has 0 bridgehead atoms. The second kappa shape index (κ2) is 9.54. The van der Waals surface area contributed by atoms with Gasteiger partial charge in [0.25, 0.3) is 0 Å². The van der Waals surface area contributed by atoms with Crippen LogP contribution in [0.15, 0.2) is 53.7 Å². The SMILES string of the molecule is COc1ccccc1C1=NO[C@@H](CN(Cc2cccc(F)c2)C(=O)CC(C)C)C1. The van der Waals surface area contributed by atoms with Crippen LogP contribution in [0.3, 0.4) is 0 Å². The van der Waals surface area contributed by atoms with Crippen LogP contribution in [0.5, 0.6) is 5.75 Å². The van der Waals surface area contributed by atoms with Crippen molar-refractivity contribution in [3.8, 4) is 5.75 Å². The Bertz CT molecular complexity index is 882. The summed E-state index contributed by atoms with van der Waals surface area (Å²) in [6, 6.07) is 14.0. The van der Waals surface area contributed by atoms with Crippen LogP contribution in [0, 0.1) is 11.7 Å². The molecule has 1 aliphatic heterocycles. The monoisotopic (exact) mass is 398 g/mol. The molecule has 2 aromatic carbocycles. The van der Waals surface area contributed by atoms with E-state index in [1.807, 2.05) is 44.2 Å². The maximum atomic E-state index is 13.6. The Labute approximate surface area is 171 Å². The molecule has 0 spiro atoms. The van der Waals surface area contributed by atoms with Crippen LogP contribution < -0.4 is 4.74 Å². The number of rotatable bonds is 8. The summed E-state index contributed by atoms with van der Waals surface area (Å²) in [4.78, 5) is 20.2. The molecule has 1 atom stereocenters. The molecule has 0 saturated carbocycles. The van der Waals surface area contributed by atoms with E-state index in [1.54, 1.807) is 18.1 Å². The maximum Gasteiger partial charge on any atom is 0.223 e. The van der Waals surface area contributed by atoms with Crippen molar-refractivity contribution in [2.24, 2.45) is 11.1 Å². The second-order valence-electron chi connectivity index (χ2n) is 7.67. The number of carbonyl (C=O) groups excluding carboxylic acids is 1. The molecule has 0 aromatic heterocycles. The number of nitrogens with zero attached hydrogens (tertiary/aromatic N) is 2. The average Bonchev–Trinajstić information content (AvgIpc) is 3.15. The summed E-state index contributed by atoms with van der Waals surface area (Å²) in [6.45, 7) is 4.75. The molecule has 0 aliphatic carbocycles. The number of methoxy groups -OCH3 is 1. The van der Waals surface area contributed by atoms with Gasteiger partial charge in [-0.3, -0.25) is 4.79 Å². The number of para-hydroxylation sites is 1. The number of hydrogen-bond donors (Lipinski definition) is 0. The van der Waals surface area contributed by atoms with Crippen molar-refractivity contribution in [3.63, 3.8) is 0 Å². The third kappa shape index (κ3) is 5.56. The number of oxime groups is 1. The minimum Gasteiger partial charge on any atom is -0.496 e. The second-order valence-corrected chi connectivity index (χ2v) is 7.67. The van der Waals surface area contributed by atoms with E-state index in [0.717, 1.165) is 22.6 Å². The lowest BCUT2D eigenvalue weighted by Crippen LogP contribution is -2.37. The largest absolute Gasteiger partial charge is 0.496 e. The van der Waals surface area contributed by atoms with Crippen molar-refractivity contribution in [1.82, 2.24) is 4.90 Å². The van der Waals surface area contributed by atoms with Crippen molar-refractivity contribution < 1.29 is 18.8 Å². The minimum atomic E-state index is -0.308. The molecule has 1 heterocycles. The molecule has 29 heavy (non-hydrogen) atoms. The summed E-state index contributed by atoms with van der Waals surface area (Å²) in [5.74, 6) is 0.696. The van der Waals surface area contributed by atoms with Crippen molar-refractivity contribution in [2.45, 2.75) is 39.3 Å². The summed E-state index contributed by atoms with van der Waals surface area (Å²) in [5.41, 5.74) is 2.45. The lowest BCUT2D eigenvalue weighted by molar-refractivity contribution is -0.134. The van der Waals surface area contributed by atoms with Crippen molar-refractivity contribution in [1.29, 1.82) is 0 Å². The highest BCUT2D eigenvalue weighted by Gasteiger charge is 2.28. The smallest absolute Gasteiger partial charge is 0.223 e. The highest BCUT2D eigenvalue weighted by molar-refractivity contribution is 6.03. The number of halogens is 1. The van der Waals surface area contributed by atoms with Gasteiger partial charge in [-0.05, 0) is 35.7 Å². The highest BCUT2D eigenvalue weighted by Crippen LogP contribution is 2.25. The highest BCUT2D eigenvalue weighted by atomic mass is 19.1. The standard InChI is InChI=1S/C23H27FN2O3/c1-16(2)11-23(27)26(14-17-7-6-8-18(24)12-17)15-19-13-21(25-29-19)20-9-4-5-10-22(20)28-3/h4-10,12,16,19H,11,13-15H2,1-3H3/t19-/m1/s1. The van der Waals surface area contributed by atoms with Gasteiger partial charge in [0.15, 0.2) is 6.10 Å². The van der Waals surface area contributed by atoms with Gasteiger partial charge in [0.2, 0.25) is 5.91 Å². The van der Waals surface area contributed by atoms with Gasteiger partial charge in [-0.1, -0.05) is 43.3 Å². The van der Waals surface area contributed by atoms with Crippen molar-refractivity contribution in [3.05, 3.63) is 65.5 Å². The molecule has 154 valence electrons. The van der Waals surface area contributed by atoms with Crippen LogP contribution in [-0.4, -0.2) is 36.3 Å². The molecular formula is C23H27FN2O3. The Balaban J connectivity index is 1.70. The number of amides is 1. The Kier molecular flexibility index (Phi) is 6.86. The van der Waals surface area contributed by atoms with E-state index >= 15 is 0 Å². The van der Waals surface area contributed by atoms with E-state index in [-0.39, 0.29) is 23.7 Å². The lowest BCUT2D eigenvalue weighted by Gasteiger charge is -2.26.